The number of carbonyl (C=O) groups is 4. The van der Waals surface area contributed by atoms with Crippen molar-refractivity contribution in [2.45, 2.75) is 58.7 Å². The van der Waals surface area contributed by atoms with Gasteiger partial charge in [-0.05, 0) is 32.8 Å². The number of alkyl carbamates (subject to hydrolysis) is 1. The first-order chi connectivity index (χ1) is 15.9. The molecule has 0 fully saturated rings. The van der Waals surface area contributed by atoms with Gasteiger partial charge in [0.05, 0.1) is 7.11 Å². The van der Waals surface area contributed by atoms with Crippen LogP contribution in [0.3, 0.4) is 0 Å². The third-order valence-corrected chi connectivity index (χ3v) is 4.90. The number of methoxy groups -OCH3 is 1. The number of amides is 3. The summed E-state index contributed by atoms with van der Waals surface area (Å²) in [5.74, 6) is -2.96. The van der Waals surface area contributed by atoms with Crippen LogP contribution in [-0.4, -0.2) is 59.2 Å². The number of phenolic OH excluding ortho intramolecular Hbond substituents is 1. The molecule has 1 rings (SSSR count). The Morgan fingerprint density at radius 3 is 2.32 bits per heavy atom. The van der Waals surface area contributed by atoms with Gasteiger partial charge < -0.3 is 25.2 Å². The summed E-state index contributed by atoms with van der Waals surface area (Å²) in [5, 5.41) is 15.3. The molecule has 0 aliphatic rings. The molecular weight excluding hydrogens is 442 g/mol. The SMILES string of the molecule is C#CN(C(=O)C(NC(=O)OC(C)(C)C)C(C)CC)C(C(=O)NCC(=O)OC)c1ccccc1O. The molecule has 1 aromatic rings. The normalized spacial score (nSPS) is 13.4. The Kier molecular flexibility index (Phi) is 10.4. The molecule has 3 amide bonds. The number of hydrogen-bond acceptors (Lipinski definition) is 7. The summed E-state index contributed by atoms with van der Waals surface area (Å²) in [6, 6.07) is 5.43. The van der Waals surface area contributed by atoms with Crippen LogP contribution in [0.5, 0.6) is 5.75 Å². The van der Waals surface area contributed by atoms with Gasteiger partial charge in [-0.1, -0.05) is 44.9 Å². The zero-order valence-electron chi connectivity index (χ0n) is 20.4. The van der Waals surface area contributed by atoms with Crippen molar-refractivity contribution in [3.63, 3.8) is 0 Å². The van der Waals surface area contributed by atoms with E-state index in [1.165, 1.54) is 18.2 Å². The number of terminal acetylenes is 1. The smallest absolute Gasteiger partial charge is 0.408 e. The van der Waals surface area contributed by atoms with Crippen LogP contribution in [0.25, 0.3) is 0 Å². The van der Waals surface area contributed by atoms with E-state index in [9.17, 15) is 24.3 Å². The fourth-order valence-corrected chi connectivity index (χ4v) is 2.98. The van der Waals surface area contributed by atoms with E-state index < -0.39 is 48.1 Å². The summed E-state index contributed by atoms with van der Waals surface area (Å²) in [4.78, 5) is 51.3. The number of carbonyl (C=O) groups excluding carboxylic acids is 4. The third kappa shape index (κ3) is 7.99. The molecule has 0 bridgehead atoms. The van der Waals surface area contributed by atoms with Gasteiger partial charge >= 0.3 is 12.1 Å². The standard InChI is InChI=1S/C24H33N3O7/c1-8-15(3)19(26-23(32)34-24(4,5)6)22(31)27(9-2)20(16-12-10-11-13-17(16)28)21(30)25-14-18(29)33-7/h2,10-13,15,19-20,28H,8,14H2,1,3-7H3,(H,25,30)(H,26,32). The summed E-state index contributed by atoms with van der Waals surface area (Å²) in [7, 11) is 1.16. The predicted molar refractivity (Wildman–Crippen MR) is 124 cm³/mol. The lowest BCUT2D eigenvalue weighted by atomic mass is 9.96. The van der Waals surface area contributed by atoms with Crippen LogP contribution in [0.2, 0.25) is 0 Å². The van der Waals surface area contributed by atoms with Crippen LogP contribution in [-0.2, 0) is 23.9 Å². The number of nitrogens with zero attached hydrogens (tertiary/aromatic N) is 1. The van der Waals surface area contributed by atoms with Gasteiger partial charge in [-0.2, -0.15) is 0 Å². The second kappa shape index (κ2) is 12.5. The molecule has 0 aromatic heterocycles. The van der Waals surface area contributed by atoms with E-state index in [0.717, 1.165) is 12.0 Å². The molecule has 0 heterocycles. The first-order valence-electron chi connectivity index (χ1n) is 10.8. The summed E-state index contributed by atoms with van der Waals surface area (Å²) in [5.41, 5.74) is -0.762. The Labute approximate surface area is 200 Å². The lowest BCUT2D eigenvalue weighted by Crippen LogP contribution is -2.54. The van der Waals surface area contributed by atoms with E-state index in [1.807, 2.05) is 6.92 Å². The maximum Gasteiger partial charge on any atom is 0.408 e. The molecule has 10 nitrogen and oxygen atoms in total. The molecule has 3 atom stereocenters. The molecule has 0 radical (unpaired) electrons. The Balaban J connectivity index is 3.40. The Hall–Kier alpha value is -3.74. The van der Waals surface area contributed by atoms with Crippen LogP contribution in [0.4, 0.5) is 4.79 Å². The van der Waals surface area contributed by atoms with E-state index in [4.69, 9.17) is 11.2 Å². The molecule has 1 aromatic carbocycles. The molecule has 0 saturated carbocycles. The molecule has 3 unspecified atom stereocenters. The maximum absolute atomic E-state index is 13.6. The Bertz CT molecular complexity index is 933. The molecule has 0 spiro atoms. The van der Waals surface area contributed by atoms with Gasteiger partial charge in [-0.15, -0.1) is 0 Å². The van der Waals surface area contributed by atoms with Crippen molar-refractivity contribution >= 4 is 23.9 Å². The van der Waals surface area contributed by atoms with Crippen molar-refractivity contribution in [3.8, 4) is 18.2 Å². The molecule has 10 heteroatoms. The van der Waals surface area contributed by atoms with E-state index in [-0.39, 0.29) is 17.2 Å². The summed E-state index contributed by atoms with van der Waals surface area (Å²) in [6.45, 7) is 8.13. The average molecular weight is 476 g/mol. The van der Waals surface area contributed by atoms with Gasteiger partial charge in [-0.25, -0.2) is 4.79 Å². The minimum atomic E-state index is -1.49. The number of phenols is 1. The van der Waals surface area contributed by atoms with Crippen LogP contribution < -0.4 is 10.6 Å². The van der Waals surface area contributed by atoms with Crippen molar-refractivity contribution in [1.29, 1.82) is 0 Å². The first-order valence-corrected chi connectivity index (χ1v) is 10.8. The summed E-state index contributed by atoms with van der Waals surface area (Å²) < 4.78 is 9.80. The number of esters is 1. The molecule has 186 valence electrons. The molecule has 34 heavy (non-hydrogen) atoms. The highest BCUT2D eigenvalue weighted by molar-refractivity contribution is 5.94. The van der Waals surface area contributed by atoms with Crippen LogP contribution in [0.1, 0.15) is 52.6 Å². The van der Waals surface area contributed by atoms with Crippen molar-refractivity contribution < 1.29 is 33.8 Å². The van der Waals surface area contributed by atoms with Crippen molar-refractivity contribution in [2.75, 3.05) is 13.7 Å². The zero-order chi connectivity index (χ0) is 26.1. The largest absolute Gasteiger partial charge is 0.508 e. The monoisotopic (exact) mass is 475 g/mol. The van der Waals surface area contributed by atoms with Crippen LogP contribution in [0, 0.1) is 18.4 Å². The molecule has 0 aliphatic heterocycles. The van der Waals surface area contributed by atoms with Gasteiger partial charge in [0.25, 0.3) is 5.91 Å². The van der Waals surface area contributed by atoms with Gasteiger partial charge in [0.1, 0.15) is 23.9 Å². The average Bonchev–Trinajstić information content (AvgIpc) is 2.77. The van der Waals surface area contributed by atoms with E-state index >= 15 is 0 Å². The van der Waals surface area contributed by atoms with Gasteiger partial charge in [-0.3, -0.25) is 19.3 Å². The van der Waals surface area contributed by atoms with E-state index in [1.54, 1.807) is 33.8 Å². The summed E-state index contributed by atoms with van der Waals surface area (Å²) >= 11 is 0. The highest BCUT2D eigenvalue weighted by Crippen LogP contribution is 2.30. The zero-order valence-corrected chi connectivity index (χ0v) is 20.4. The van der Waals surface area contributed by atoms with Crippen molar-refractivity contribution in [2.24, 2.45) is 5.92 Å². The predicted octanol–water partition coefficient (Wildman–Crippen LogP) is 2.08. The number of para-hydroxylation sites is 1. The minimum absolute atomic E-state index is 0.0383. The second-order valence-electron chi connectivity index (χ2n) is 8.60. The van der Waals surface area contributed by atoms with Crippen molar-refractivity contribution in [3.05, 3.63) is 29.8 Å². The molecule has 0 saturated heterocycles. The lowest BCUT2D eigenvalue weighted by Gasteiger charge is -2.32. The first kappa shape index (κ1) is 28.3. The number of rotatable bonds is 9. The van der Waals surface area contributed by atoms with Gasteiger partial charge in [0.15, 0.2) is 6.04 Å². The lowest BCUT2D eigenvalue weighted by molar-refractivity contribution is -0.143. The highest BCUT2D eigenvalue weighted by Gasteiger charge is 2.38. The Morgan fingerprint density at radius 2 is 1.82 bits per heavy atom. The fraction of sp³-hybridized carbons (Fsp3) is 0.500. The number of aromatic hydroxyl groups is 1. The molecular formula is C24H33N3O7. The number of nitrogens with one attached hydrogen (secondary N) is 2. The van der Waals surface area contributed by atoms with E-state index in [0.29, 0.717) is 6.42 Å². The number of ether oxygens (including phenoxy) is 2. The third-order valence-electron chi connectivity index (χ3n) is 4.90. The number of hydrogen-bond donors (Lipinski definition) is 3. The quantitative estimate of drug-likeness (QED) is 0.283. The molecule has 0 aliphatic carbocycles. The topological polar surface area (TPSA) is 134 Å². The molecule has 3 N–H and O–H groups in total. The fourth-order valence-electron chi connectivity index (χ4n) is 2.98. The number of benzene rings is 1. The second-order valence-corrected chi connectivity index (χ2v) is 8.60. The maximum atomic E-state index is 13.6. The Morgan fingerprint density at radius 1 is 1.21 bits per heavy atom. The van der Waals surface area contributed by atoms with E-state index in [2.05, 4.69) is 21.4 Å². The van der Waals surface area contributed by atoms with Crippen LogP contribution >= 0.6 is 0 Å². The van der Waals surface area contributed by atoms with Crippen LogP contribution in [0.15, 0.2) is 24.3 Å². The van der Waals surface area contributed by atoms with Crippen molar-refractivity contribution in [1.82, 2.24) is 15.5 Å². The minimum Gasteiger partial charge on any atom is -0.508 e. The summed E-state index contributed by atoms with van der Waals surface area (Å²) in [6.07, 6.45) is 5.33. The highest BCUT2D eigenvalue weighted by atomic mass is 16.6. The van der Waals surface area contributed by atoms with Gasteiger partial charge in [0, 0.05) is 11.6 Å². The van der Waals surface area contributed by atoms with Gasteiger partial charge in [0.2, 0.25) is 5.91 Å².